The summed E-state index contributed by atoms with van der Waals surface area (Å²) in [6.45, 7) is 5.26. The fourth-order valence-electron chi connectivity index (χ4n) is 2.56. The van der Waals surface area contributed by atoms with E-state index in [4.69, 9.17) is 0 Å². The number of rotatable bonds is 7. The van der Waals surface area contributed by atoms with Gasteiger partial charge in [-0.25, -0.2) is 0 Å². The second-order valence-corrected chi connectivity index (χ2v) is 5.18. The number of nitrogens with one attached hydrogen (secondary N) is 1. The SMILES string of the molecule is CCC(CC)CNC(=O)CCC1CCCC1. The summed E-state index contributed by atoms with van der Waals surface area (Å²) < 4.78 is 0. The van der Waals surface area contributed by atoms with Crippen LogP contribution in [0.4, 0.5) is 0 Å². The van der Waals surface area contributed by atoms with Crippen LogP contribution in [0.3, 0.4) is 0 Å². The van der Waals surface area contributed by atoms with Crippen molar-refractivity contribution in [1.82, 2.24) is 5.32 Å². The average Bonchev–Trinajstić information content (AvgIpc) is 2.80. The third-order valence-electron chi connectivity index (χ3n) is 4.00. The maximum atomic E-state index is 11.6. The van der Waals surface area contributed by atoms with Crippen LogP contribution in [0.5, 0.6) is 0 Å². The summed E-state index contributed by atoms with van der Waals surface area (Å²) in [7, 11) is 0. The lowest BCUT2D eigenvalue weighted by molar-refractivity contribution is -0.121. The zero-order valence-electron chi connectivity index (χ0n) is 10.9. The van der Waals surface area contributed by atoms with Crippen LogP contribution in [-0.2, 0) is 4.79 Å². The largest absolute Gasteiger partial charge is 0.356 e. The summed E-state index contributed by atoms with van der Waals surface area (Å²) >= 11 is 0. The predicted octanol–water partition coefficient (Wildman–Crippen LogP) is 3.51. The quantitative estimate of drug-likeness (QED) is 0.706. The molecule has 0 spiro atoms. The molecule has 0 bridgehead atoms. The first-order valence-electron chi connectivity index (χ1n) is 7.02. The van der Waals surface area contributed by atoms with Gasteiger partial charge >= 0.3 is 0 Å². The molecule has 0 aromatic heterocycles. The van der Waals surface area contributed by atoms with Gasteiger partial charge in [-0.05, 0) is 18.3 Å². The van der Waals surface area contributed by atoms with Crippen LogP contribution >= 0.6 is 0 Å². The van der Waals surface area contributed by atoms with Crippen molar-refractivity contribution in [1.29, 1.82) is 0 Å². The molecule has 0 saturated heterocycles. The van der Waals surface area contributed by atoms with E-state index in [0.717, 1.165) is 25.3 Å². The molecule has 0 radical (unpaired) electrons. The molecule has 0 aromatic carbocycles. The number of hydrogen-bond acceptors (Lipinski definition) is 1. The first-order chi connectivity index (χ1) is 7.76. The Kier molecular flexibility index (Phi) is 6.51. The number of carbonyl (C=O) groups is 1. The third kappa shape index (κ3) is 5.00. The third-order valence-corrected chi connectivity index (χ3v) is 4.00. The highest BCUT2D eigenvalue weighted by Crippen LogP contribution is 2.28. The highest BCUT2D eigenvalue weighted by Gasteiger charge is 2.16. The van der Waals surface area contributed by atoms with Gasteiger partial charge < -0.3 is 5.32 Å². The first kappa shape index (κ1) is 13.5. The normalized spacial score (nSPS) is 16.9. The molecular formula is C14H27NO. The zero-order valence-corrected chi connectivity index (χ0v) is 10.9. The molecule has 1 aliphatic rings. The minimum absolute atomic E-state index is 0.263. The molecule has 0 unspecified atom stereocenters. The van der Waals surface area contributed by atoms with E-state index < -0.39 is 0 Å². The lowest BCUT2D eigenvalue weighted by Crippen LogP contribution is -2.29. The van der Waals surface area contributed by atoms with Gasteiger partial charge in [-0.15, -0.1) is 0 Å². The molecular weight excluding hydrogens is 198 g/mol. The topological polar surface area (TPSA) is 29.1 Å². The van der Waals surface area contributed by atoms with Gasteiger partial charge in [0, 0.05) is 13.0 Å². The maximum absolute atomic E-state index is 11.6. The fraction of sp³-hybridized carbons (Fsp3) is 0.929. The van der Waals surface area contributed by atoms with Crippen LogP contribution in [0, 0.1) is 11.8 Å². The Morgan fingerprint density at radius 1 is 1.25 bits per heavy atom. The van der Waals surface area contributed by atoms with Crippen LogP contribution in [0.25, 0.3) is 0 Å². The van der Waals surface area contributed by atoms with Gasteiger partial charge in [0.2, 0.25) is 5.91 Å². The summed E-state index contributed by atoms with van der Waals surface area (Å²) in [5, 5.41) is 3.07. The van der Waals surface area contributed by atoms with Crippen LogP contribution in [0.2, 0.25) is 0 Å². The van der Waals surface area contributed by atoms with E-state index in [9.17, 15) is 4.79 Å². The molecule has 2 heteroatoms. The maximum Gasteiger partial charge on any atom is 0.220 e. The number of hydrogen-bond donors (Lipinski definition) is 1. The van der Waals surface area contributed by atoms with Crippen molar-refractivity contribution in [2.24, 2.45) is 11.8 Å². The number of amides is 1. The molecule has 1 aliphatic carbocycles. The molecule has 0 heterocycles. The highest BCUT2D eigenvalue weighted by atomic mass is 16.1. The predicted molar refractivity (Wildman–Crippen MR) is 68.3 cm³/mol. The molecule has 0 atom stereocenters. The van der Waals surface area contributed by atoms with Crippen molar-refractivity contribution < 1.29 is 4.79 Å². The first-order valence-corrected chi connectivity index (χ1v) is 7.02. The highest BCUT2D eigenvalue weighted by molar-refractivity contribution is 5.75. The number of carbonyl (C=O) groups excluding carboxylic acids is 1. The second-order valence-electron chi connectivity index (χ2n) is 5.18. The summed E-state index contributed by atoms with van der Waals surface area (Å²) in [4.78, 5) is 11.6. The van der Waals surface area contributed by atoms with Crippen molar-refractivity contribution in [3.8, 4) is 0 Å². The Labute approximate surface area is 100 Å². The lowest BCUT2D eigenvalue weighted by atomic mass is 10.0. The molecule has 1 saturated carbocycles. The lowest BCUT2D eigenvalue weighted by Gasteiger charge is -2.14. The van der Waals surface area contributed by atoms with Crippen LogP contribution in [-0.4, -0.2) is 12.5 Å². The van der Waals surface area contributed by atoms with Crippen molar-refractivity contribution in [3.63, 3.8) is 0 Å². The Hall–Kier alpha value is -0.530. The standard InChI is InChI=1S/C14H27NO/c1-3-12(4-2)11-15-14(16)10-9-13-7-5-6-8-13/h12-13H,3-11H2,1-2H3,(H,15,16). The van der Waals surface area contributed by atoms with Gasteiger partial charge in [0.15, 0.2) is 0 Å². The second kappa shape index (κ2) is 7.70. The minimum atomic E-state index is 0.263. The van der Waals surface area contributed by atoms with Crippen molar-refractivity contribution in [2.75, 3.05) is 6.54 Å². The summed E-state index contributed by atoms with van der Waals surface area (Å²) in [6, 6.07) is 0. The molecule has 1 rings (SSSR count). The Morgan fingerprint density at radius 3 is 2.44 bits per heavy atom. The fourth-order valence-corrected chi connectivity index (χ4v) is 2.56. The molecule has 0 aromatic rings. The molecule has 1 N–H and O–H groups in total. The van der Waals surface area contributed by atoms with Crippen molar-refractivity contribution in [2.45, 2.75) is 65.2 Å². The van der Waals surface area contributed by atoms with Crippen molar-refractivity contribution in [3.05, 3.63) is 0 Å². The van der Waals surface area contributed by atoms with Gasteiger partial charge in [-0.2, -0.15) is 0 Å². The van der Waals surface area contributed by atoms with Crippen LogP contribution in [0.15, 0.2) is 0 Å². The van der Waals surface area contributed by atoms with E-state index in [-0.39, 0.29) is 5.91 Å². The van der Waals surface area contributed by atoms with E-state index in [0.29, 0.717) is 5.92 Å². The van der Waals surface area contributed by atoms with E-state index >= 15 is 0 Å². The van der Waals surface area contributed by atoms with Gasteiger partial charge in [0.05, 0.1) is 0 Å². The van der Waals surface area contributed by atoms with Gasteiger partial charge in [-0.1, -0.05) is 52.4 Å². The molecule has 1 amide bonds. The molecule has 2 nitrogen and oxygen atoms in total. The molecule has 94 valence electrons. The summed E-state index contributed by atoms with van der Waals surface area (Å²) in [5.41, 5.74) is 0. The molecule has 16 heavy (non-hydrogen) atoms. The van der Waals surface area contributed by atoms with E-state index in [1.165, 1.54) is 38.5 Å². The van der Waals surface area contributed by atoms with Crippen LogP contribution < -0.4 is 5.32 Å². The van der Waals surface area contributed by atoms with E-state index in [1.807, 2.05) is 0 Å². The van der Waals surface area contributed by atoms with E-state index in [1.54, 1.807) is 0 Å². The Balaban J connectivity index is 2.05. The smallest absolute Gasteiger partial charge is 0.220 e. The van der Waals surface area contributed by atoms with E-state index in [2.05, 4.69) is 19.2 Å². The van der Waals surface area contributed by atoms with Crippen LogP contribution in [0.1, 0.15) is 65.2 Å². The monoisotopic (exact) mass is 225 g/mol. The van der Waals surface area contributed by atoms with Gasteiger partial charge in [0.1, 0.15) is 0 Å². The summed E-state index contributed by atoms with van der Waals surface area (Å²) in [6.07, 6.45) is 9.62. The Bertz CT molecular complexity index is 185. The average molecular weight is 225 g/mol. The zero-order chi connectivity index (χ0) is 11.8. The Morgan fingerprint density at radius 2 is 1.88 bits per heavy atom. The van der Waals surface area contributed by atoms with Gasteiger partial charge in [0.25, 0.3) is 0 Å². The summed E-state index contributed by atoms with van der Waals surface area (Å²) in [5.74, 6) is 1.76. The molecule has 1 fully saturated rings. The van der Waals surface area contributed by atoms with Crippen molar-refractivity contribution >= 4 is 5.91 Å². The minimum Gasteiger partial charge on any atom is -0.356 e. The molecule has 0 aliphatic heterocycles. The van der Waals surface area contributed by atoms with Gasteiger partial charge in [-0.3, -0.25) is 4.79 Å².